The van der Waals surface area contributed by atoms with Gasteiger partial charge in [-0.15, -0.1) is 30.1 Å². The lowest BCUT2D eigenvalue weighted by Gasteiger charge is -2.17. The van der Waals surface area contributed by atoms with Crippen molar-refractivity contribution in [3.05, 3.63) is 99.6 Å². The van der Waals surface area contributed by atoms with Crippen LogP contribution in [0.15, 0.2) is 72.4 Å². The van der Waals surface area contributed by atoms with Crippen LogP contribution in [0.1, 0.15) is 33.8 Å². The normalized spacial score (nSPS) is 13.4. The minimum absolute atomic E-state index is 0.142. The van der Waals surface area contributed by atoms with Crippen molar-refractivity contribution in [1.82, 2.24) is 5.43 Å². The van der Waals surface area contributed by atoms with Gasteiger partial charge in [-0.25, -0.2) is 5.43 Å². The molecule has 1 aliphatic rings. The second kappa shape index (κ2) is 15.3. The molecule has 3 aromatic carbocycles. The standard InChI is InChI=1S/C30H30Cl2N2O4S2/c1-3-5-23-14-21(16-27(36-4-2)29(23)38-18-20-6-11-25(31)26(32)15-20)17-33-34-28(35)19-37-24-9-7-22(8-10-24)30-39-12-13-40-30/h3,6-11,14-17,30H,1,4-5,12-13,18-19H2,2H3,(H,34,35)/b33-17-. The Hall–Kier alpha value is -2.78. The molecule has 0 radical (unpaired) electrons. The van der Waals surface area contributed by atoms with Crippen molar-refractivity contribution in [3.8, 4) is 17.2 Å². The third-order valence-corrected chi connectivity index (χ3v) is 9.58. The van der Waals surface area contributed by atoms with Gasteiger partial charge in [0.15, 0.2) is 18.1 Å². The summed E-state index contributed by atoms with van der Waals surface area (Å²) in [6.07, 6.45) is 3.89. The van der Waals surface area contributed by atoms with E-state index in [1.165, 1.54) is 17.1 Å². The molecule has 1 heterocycles. The molecule has 3 aromatic rings. The Balaban J connectivity index is 1.37. The van der Waals surface area contributed by atoms with Crippen LogP contribution in [0.2, 0.25) is 10.0 Å². The first-order chi connectivity index (χ1) is 19.5. The molecule has 0 aromatic heterocycles. The molecule has 0 spiro atoms. The molecule has 1 N–H and O–H groups in total. The molecule has 0 unspecified atom stereocenters. The zero-order chi connectivity index (χ0) is 28.3. The number of benzene rings is 3. The average molecular weight is 618 g/mol. The topological polar surface area (TPSA) is 69.2 Å². The first-order valence-corrected chi connectivity index (χ1v) is 15.6. The number of thioether (sulfide) groups is 2. The Labute approximate surface area is 253 Å². The number of amides is 1. The highest BCUT2D eigenvalue weighted by Crippen LogP contribution is 2.45. The Morgan fingerprint density at radius 1 is 1.05 bits per heavy atom. The summed E-state index contributed by atoms with van der Waals surface area (Å²) >= 11 is 16.1. The molecular formula is C30H30Cl2N2O4S2. The van der Waals surface area contributed by atoms with Gasteiger partial charge in [0.25, 0.3) is 5.91 Å². The van der Waals surface area contributed by atoms with Crippen molar-refractivity contribution in [3.63, 3.8) is 0 Å². The summed E-state index contributed by atoms with van der Waals surface area (Å²) in [5.74, 6) is 3.81. The summed E-state index contributed by atoms with van der Waals surface area (Å²) in [5.41, 5.74) is 6.26. The van der Waals surface area contributed by atoms with E-state index in [0.29, 0.717) is 44.9 Å². The molecule has 1 amide bonds. The van der Waals surface area contributed by atoms with Gasteiger partial charge in [-0.3, -0.25) is 4.79 Å². The van der Waals surface area contributed by atoms with Gasteiger partial charge >= 0.3 is 0 Å². The van der Waals surface area contributed by atoms with Crippen LogP contribution >= 0.6 is 46.7 Å². The Bertz CT molecular complexity index is 1350. The SMILES string of the molecule is C=CCc1cc(/C=N\NC(=O)COc2ccc(C3SCCS3)cc2)cc(OCC)c1OCc1ccc(Cl)c(Cl)c1. The van der Waals surface area contributed by atoms with Crippen LogP contribution < -0.4 is 19.6 Å². The van der Waals surface area contributed by atoms with Gasteiger partial charge in [-0.05, 0) is 66.4 Å². The highest BCUT2D eigenvalue weighted by atomic mass is 35.5. The summed E-state index contributed by atoms with van der Waals surface area (Å²) in [6, 6.07) is 17.0. The predicted molar refractivity (Wildman–Crippen MR) is 168 cm³/mol. The molecule has 1 aliphatic heterocycles. The lowest BCUT2D eigenvalue weighted by molar-refractivity contribution is -0.123. The minimum Gasteiger partial charge on any atom is -0.490 e. The van der Waals surface area contributed by atoms with Crippen molar-refractivity contribution in [2.45, 2.75) is 24.5 Å². The Kier molecular flexibility index (Phi) is 11.5. The van der Waals surface area contributed by atoms with Crippen molar-refractivity contribution in [2.75, 3.05) is 24.7 Å². The summed E-state index contributed by atoms with van der Waals surface area (Å²) in [6.45, 7) is 6.35. The van der Waals surface area contributed by atoms with E-state index in [0.717, 1.165) is 16.7 Å². The lowest BCUT2D eigenvalue weighted by atomic mass is 10.1. The van der Waals surface area contributed by atoms with Crippen molar-refractivity contribution < 1.29 is 19.0 Å². The molecule has 0 saturated carbocycles. The minimum atomic E-state index is -0.361. The van der Waals surface area contributed by atoms with Crippen LogP contribution in [0.4, 0.5) is 0 Å². The highest BCUT2D eigenvalue weighted by molar-refractivity contribution is 8.19. The lowest BCUT2D eigenvalue weighted by Crippen LogP contribution is -2.24. The van der Waals surface area contributed by atoms with Crippen LogP contribution in [0.3, 0.4) is 0 Å². The zero-order valence-electron chi connectivity index (χ0n) is 22.0. The van der Waals surface area contributed by atoms with E-state index in [9.17, 15) is 4.79 Å². The molecule has 10 heteroatoms. The molecular weight excluding hydrogens is 587 g/mol. The van der Waals surface area contributed by atoms with Crippen molar-refractivity contribution in [1.29, 1.82) is 0 Å². The maximum absolute atomic E-state index is 12.3. The molecule has 210 valence electrons. The van der Waals surface area contributed by atoms with Gasteiger partial charge < -0.3 is 14.2 Å². The number of ether oxygens (including phenoxy) is 3. The first kappa shape index (κ1) is 30.2. The second-order valence-electron chi connectivity index (χ2n) is 8.69. The predicted octanol–water partition coefficient (Wildman–Crippen LogP) is 7.71. The molecule has 0 aliphatic carbocycles. The number of hydrazone groups is 1. The number of hydrogen-bond donors (Lipinski definition) is 1. The summed E-state index contributed by atoms with van der Waals surface area (Å²) in [5, 5.41) is 5.06. The Morgan fingerprint density at radius 2 is 1.82 bits per heavy atom. The number of carbonyl (C=O) groups excluding carboxylic acids is 1. The summed E-state index contributed by atoms with van der Waals surface area (Å²) < 4.78 is 18.1. The highest BCUT2D eigenvalue weighted by Gasteiger charge is 2.18. The van der Waals surface area contributed by atoms with E-state index in [2.05, 4.69) is 29.2 Å². The molecule has 0 atom stereocenters. The first-order valence-electron chi connectivity index (χ1n) is 12.7. The van der Waals surface area contributed by atoms with Crippen LogP contribution in [0.25, 0.3) is 0 Å². The molecule has 1 saturated heterocycles. The zero-order valence-corrected chi connectivity index (χ0v) is 25.2. The van der Waals surface area contributed by atoms with Crippen LogP contribution in [-0.2, 0) is 17.8 Å². The van der Waals surface area contributed by atoms with Crippen molar-refractivity contribution >= 4 is 58.8 Å². The van der Waals surface area contributed by atoms with Crippen LogP contribution in [0.5, 0.6) is 17.2 Å². The van der Waals surface area contributed by atoms with Gasteiger partial charge in [0.1, 0.15) is 12.4 Å². The van der Waals surface area contributed by atoms with E-state index in [-0.39, 0.29) is 19.1 Å². The number of halogens is 2. The molecule has 4 rings (SSSR count). The van der Waals surface area contributed by atoms with E-state index in [1.54, 1.807) is 24.4 Å². The fourth-order valence-electron chi connectivity index (χ4n) is 3.91. The quantitative estimate of drug-likeness (QED) is 0.120. The Morgan fingerprint density at radius 3 is 2.52 bits per heavy atom. The summed E-state index contributed by atoms with van der Waals surface area (Å²) in [7, 11) is 0. The van der Waals surface area contributed by atoms with E-state index >= 15 is 0 Å². The number of nitrogens with one attached hydrogen (secondary N) is 1. The largest absolute Gasteiger partial charge is 0.490 e. The fourth-order valence-corrected chi connectivity index (χ4v) is 7.09. The van der Waals surface area contributed by atoms with Crippen LogP contribution in [-0.4, -0.2) is 36.8 Å². The number of nitrogens with zero attached hydrogens (tertiary/aromatic N) is 1. The maximum atomic E-state index is 12.3. The fraction of sp³-hybridized carbons (Fsp3) is 0.267. The second-order valence-corrected chi connectivity index (χ2v) is 12.2. The average Bonchev–Trinajstić information content (AvgIpc) is 3.49. The maximum Gasteiger partial charge on any atom is 0.277 e. The van der Waals surface area contributed by atoms with E-state index < -0.39 is 0 Å². The van der Waals surface area contributed by atoms with Gasteiger partial charge in [-0.2, -0.15) is 5.10 Å². The third-order valence-electron chi connectivity index (χ3n) is 5.73. The van der Waals surface area contributed by atoms with Gasteiger partial charge in [-0.1, -0.05) is 47.5 Å². The van der Waals surface area contributed by atoms with E-state index in [4.69, 9.17) is 37.4 Å². The van der Waals surface area contributed by atoms with Gasteiger partial charge in [0, 0.05) is 17.1 Å². The molecule has 40 heavy (non-hydrogen) atoms. The van der Waals surface area contributed by atoms with Crippen LogP contribution in [0, 0.1) is 0 Å². The molecule has 6 nitrogen and oxygen atoms in total. The smallest absolute Gasteiger partial charge is 0.277 e. The van der Waals surface area contributed by atoms with Crippen molar-refractivity contribution in [2.24, 2.45) is 5.10 Å². The number of carbonyl (C=O) groups is 1. The monoisotopic (exact) mass is 616 g/mol. The summed E-state index contributed by atoms with van der Waals surface area (Å²) in [4.78, 5) is 12.3. The number of allylic oxidation sites excluding steroid dienone is 1. The molecule has 0 bridgehead atoms. The van der Waals surface area contributed by atoms with Gasteiger partial charge in [0.2, 0.25) is 0 Å². The number of rotatable bonds is 13. The van der Waals surface area contributed by atoms with E-state index in [1.807, 2.05) is 60.8 Å². The molecule has 1 fully saturated rings. The number of hydrogen-bond acceptors (Lipinski definition) is 7. The third kappa shape index (κ3) is 8.61. The van der Waals surface area contributed by atoms with Gasteiger partial charge in [0.05, 0.1) is 27.4 Å².